The van der Waals surface area contributed by atoms with Crippen molar-refractivity contribution in [1.29, 1.82) is 0 Å². The number of hydrogen-bond donors (Lipinski definition) is 1. The summed E-state index contributed by atoms with van der Waals surface area (Å²) in [7, 11) is 0. The monoisotopic (exact) mass is 328 g/mol. The maximum Gasteiger partial charge on any atom is 0.357 e. The van der Waals surface area contributed by atoms with E-state index in [9.17, 15) is 14.4 Å². The maximum atomic E-state index is 12.2. The van der Waals surface area contributed by atoms with Crippen molar-refractivity contribution in [2.75, 3.05) is 12.5 Å². The summed E-state index contributed by atoms with van der Waals surface area (Å²) in [6, 6.07) is -0.584. The van der Waals surface area contributed by atoms with Crippen molar-refractivity contribution >= 4 is 29.6 Å². The minimum Gasteiger partial charge on any atom is -0.427 e. The van der Waals surface area contributed by atoms with Crippen molar-refractivity contribution in [3.63, 3.8) is 0 Å². The number of ether oxygens (including phenoxy) is 2. The summed E-state index contributed by atoms with van der Waals surface area (Å²) in [5, 5.41) is -0.226. The van der Waals surface area contributed by atoms with Gasteiger partial charge in [-0.15, -0.1) is 11.8 Å². The van der Waals surface area contributed by atoms with Crippen LogP contribution in [0.25, 0.3) is 0 Å². The molecule has 1 unspecified atom stereocenters. The van der Waals surface area contributed by atoms with Gasteiger partial charge in [0, 0.05) is 5.75 Å². The Morgan fingerprint density at radius 3 is 2.59 bits per heavy atom. The predicted octanol–water partition coefficient (Wildman–Crippen LogP) is 0.593. The van der Waals surface area contributed by atoms with Gasteiger partial charge in [-0.1, -0.05) is 0 Å². The van der Waals surface area contributed by atoms with Crippen LogP contribution < -0.4 is 5.73 Å². The molecule has 0 aromatic carbocycles. The Kier molecular flexibility index (Phi) is 4.53. The van der Waals surface area contributed by atoms with E-state index < -0.39 is 30.2 Å². The maximum absolute atomic E-state index is 12.2. The van der Waals surface area contributed by atoms with Gasteiger partial charge in [0.1, 0.15) is 17.1 Å². The van der Waals surface area contributed by atoms with Crippen LogP contribution in [-0.4, -0.2) is 46.7 Å². The van der Waals surface area contributed by atoms with Gasteiger partial charge < -0.3 is 15.2 Å². The van der Waals surface area contributed by atoms with Gasteiger partial charge in [0.25, 0.3) is 0 Å². The van der Waals surface area contributed by atoms with Crippen LogP contribution in [-0.2, 0) is 23.9 Å². The number of rotatable bonds is 3. The van der Waals surface area contributed by atoms with E-state index in [0.29, 0.717) is 5.75 Å². The topological polar surface area (TPSA) is 98.9 Å². The molecule has 0 aliphatic carbocycles. The second-order valence-electron chi connectivity index (χ2n) is 6.30. The fraction of sp³-hybridized carbons (Fsp3) is 0.643. The van der Waals surface area contributed by atoms with Crippen LogP contribution in [0.3, 0.4) is 0 Å². The second-order valence-corrected chi connectivity index (χ2v) is 7.40. The number of carbonyl (C=O) groups excluding carboxylic acids is 3. The molecule has 0 radical (unpaired) electrons. The Bertz CT molecular complexity index is 552. The molecule has 2 heterocycles. The van der Waals surface area contributed by atoms with Gasteiger partial charge in [-0.25, -0.2) is 4.79 Å². The Labute approximate surface area is 133 Å². The van der Waals surface area contributed by atoms with Crippen LogP contribution in [0.1, 0.15) is 27.7 Å². The first kappa shape index (κ1) is 16.8. The van der Waals surface area contributed by atoms with E-state index in [1.165, 1.54) is 16.7 Å². The van der Waals surface area contributed by atoms with Crippen LogP contribution in [0.5, 0.6) is 0 Å². The van der Waals surface area contributed by atoms with Gasteiger partial charge in [-0.3, -0.25) is 14.5 Å². The van der Waals surface area contributed by atoms with Crippen molar-refractivity contribution in [1.82, 2.24) is 4.90 Å². The summed E-state index contributed by atoms with van der Waals surface area (Å²) in [5.41, 5.74) is 6.00. The van der Waals surface area contributed by atoms with Gasteiger partial charge in [-0.05, 0) is 33.3 Å². The Balaban J connectivity index is 1.97. The van der Waals surface area contributed by atoms with E-state index in [1.807, 2.05) is 0 Å². The molecule has 8 heteroatoms. The smallest absolute Gasteiger partial charge is 0.357 e. The van der Waals surface area contributed by atoms with Crippen molar-refractivity contribution < 1.29 is 23.9 Å². The zero-order valence-electron chi connectivity index (χ0n) is 13.0. The number of esters is 2. The fourth-order valence-corrected chi connectivity index (χ4v) is 3.32. The summed E-state index contributed by atoms with van der Waals surface area (Å²) in [4.78, 5) is 37.0. The third-order valence-corrected chi connectivity index (χ3v) is 4.83. The molecule has 0 bridgehead atoms. The average molecular weight is 328 g/mol. The predicted molar refractivity (Wildman–Crippen MR) is 80.3 cm³/mol. The first-order chi connectivity index (χ1) is 10.1. The molecule has 1 saturated heterocycles. The summed E-state index contributed by atoms with van der Waals surface area (Å²) >= 11 is 1.52. The number of carbonyl (C=O) groups is 3. The molecule has 0 spiro atoms. The molecule has 0 saturated carbocycles. The quantitative estimate of drug-likeness (QED) is 0.460. The molecule has 22 heavy (non-hydrogen) atoms. The normalized spacial score (nSPS) is 24.6. The lowest BCUT2D eigenvalue weighted by atomic mass is 9.98. The van der Waals surface area contributed by atoms with Gasteiger partial charge >= 0.3 is 11.9 Å². The molecular weight excluding hydrogens is 308 g/mol. The van der Waals surface area contributed by atoms with Gasteiger partial charge in [0.15, 0.2) is 0 Å². The lowest BCUT2D eigenvalue weighted by molar-refractivity contribution is -0.173. The summed E-state index contributed by atoms with van der Waals surface area (Å²) in [5.74, 6) is -0.834. The van der Waals surface area contributed by atoms with E-state index in [4.69, 9.17) is 15.2 Å². The highest BCUT2D eigenvalue weighted by atomic mass is 32.2. The second kappa shape index (κ2) is 5.92. The van der Waals surface area contributed by atoms with Gasteiger partial charge in [0.2, 0.25) is 12.7 Å². The van der Waals surface area contributed by atoms with Crippen molar-refractivity contribution in [3.8, 4) is 0 Å². The first-order valence-electron chi connectivity index (χ1n) is 6.89. The molecule has 2 aliphatic rings. The zero-order chi connectivity index (χ0) is 16.7. The van der Waals surface area contributed by atoms with Gasteiger partial charge in [0.05, 0.1) is 5.41 Å². The SMILES string of the molecule is CC1=C(C(=O)OCOC(=O)C(C)(C)C)N2C(=O)C(N)[C@H]2SC1. The number of amides is 1. The molecule has 2 aliphatic heterocycles. The number of nitrogens with zero attached hydrogens (tertiary/aromatic N) is 1. The lowest BCUT2D eigenvalue weighted by Crippen LogP contribution is -2.68. The molecule has 2 atom stereocenters. The number of nitrogens with two attached hydrogens (primary N) is 1. The van der Waals surface area contributed by atoms with E-state index in [0.717, 1.165) is 5.57 Å². The first-order valence-corrected chi connectivity index (χ1v) is 7.94. The number of hydrogen-bond acceptors (Lipinski definition) is 7. The number of fused-ring (bicyclic) bond motifs is 1. The highest BCUT2D eigenvalue weighted by Gasteiger charge is 2.51. The molecule has 0 aromatic heterocycles. The van der Waals surface area contributed by atoms with Crippen molar-refractivity contribution in [2.24, 2.45) is 11.1 Å². The Morgan fingerprint density at radius 1 is 1.36 bits per heavy atom. The van der Waals surface area contributed by atoms with Gasteiger partial charge in [-0.2, -0.15) is 0 Å². The summed E-state index contributed by atoms with van der Waals surface area (Å²) in [6.45, 7) is 6.39. The Hall–Kier alpha value is -1.54. The lowest BCUT2D eigenvalue weighted by Gasteiger charge is -2.47. The standard InChI is InChI=1S/C14H20N2O5S/c1-7-5-22-11-8(15)10(17)16(11)9(7)12(18)20-6-21-13(19)14(2,3)4/h8,11H,5-6,15H2,1-4H3/t8?,11-/m1/s1. The summed E-state index contributed by atoms with van der Waals surface area (Å²) < 4.78 is 9.86. The highest BCUT2D eigenvalue weighted by molar-refractivity contribution is 8.00. The fourth-order valence-electron chi connectivity index (χ4n) is 2.08. The summed E-state index contributed by atoms with van der Waals surface area (Å²) in [6.07, 6.45) is 0. The van der Waals surface area contributed by atoms with Crippen molar-refractivity contribution in [2.45, 2.75) is 39.1 Å². The molecular formula is C14H20N2O5S. The van der Waals surface area contributed by atoms with E-state index in [2.05, 4.69) is 0 Å². The molecule has 1 amide bonds. The van der Waals surface area contributed by atoms with Crippen LogP contribution in [0, 0.1) is 5.41 Å². The Morgan fingerprint density at radius 2 is 2.00 bits per heavy atom. The number of thioether (sulfide) groups is 1. The molecule has 2 rings (SSSR count). The highest BCUT2D eigenvalue weighted by Crippen LogP contribution is 2.39. The van der Waals surface area contributed by atoms with E-state index in [1.54, 1.807) is 27.7 Å². The molecule has 122 valence electrons. The minimum absolute atomic E-state index is 0.210. The van der Waals surface area contributed by atoms with Crippen LogP contribution in [0.15, 0.2) is 11.3 Å². The molecule has 2 N–H and O–H groups in total. The largest absolute Gasteiger partial charge is 0.427 e. The molecule has 7 nitrogen and oxygen atoms in total. The van der Waals surface area contributed by atoms with Crippen LogP contribution >= 0.6 is 11.8 Å². The van der Waals surface area contributed by atoms with E-state index in [-0.39, 0.29) is 17.0 Å². The third-order valence-electron chi connectivity index (χ3n) is 3.39. The van der Waals surface area contributed by atoms with Crippen LogP contribution in [0.2, 0.25) is 0 Å². The number of β-lactam (4-membered cyclic amide) rings is 1. The molecule has 0 aromatic rings. The third kappa shape index (κ3) is 2.98. The van der Waals surface area contributed by atoms with Crippen LogP contribution in [0.4, 0.5) is 0 Å². The molecule has 1 fully saturated rings. The minimum atomic E-state index is -0.676. The average Bonchev–Trinajstić information content (AvgIpc) is 2.44. The van der Waals surface area contributed by atoms with Crippen molar-refractivity contribution in [3.05, 3.63) is 11.3 Å². The van der Waals surface area contributed by atoms with E-state index >= 15 is 0 Å². The zero-order valence-corrected chi connectivity index (χ0v) is 13.9.